The zero-order chi connectivity index (χ0) is 22.8. The molecule has 0 atom stereocenters. The van der Waals surface area contributed by atoms with E-state index in [0.717, 1.165) is 21.7 Å². The first kappa shape index (κ1) is 21.1. The van der Waals surface area contributed by atoms with Crippen LogP contribution in [0, 0.1) is 0 Å². The molecule has 0 aliphatic rings. The monoisotopic (exact) mass is 472 g/mol. The van der Waals surface area contributed by atoms with Gasteiger partial charge in [-0.25, -0.2) is 9.97 Å². The summed E-state index contributed by atoms with van der Waals surface area (Å²) in [6, 6.07) is 20.5. The smallest absolute Gasteiger partial charge is 0.258 e. The second-order valence-corrected chi connectivity index (χ2v) is 8.54. The summed E-state index contributed by atoms with van der Waals surface area (Å²) < 4.78 is 5.46. The first-order valence-corrected chi connectivity index (χ1v) is 11.2. The molecule has 0 radical (unpaired) electrons. The number of nitrogens with one attached hydrogen (secondary N) is 1. The average Bonchev–Trinajstić information content (AvgIpc) is 3.26. The molecule has 0 aliphatic carbocycles. The maximum atomic E-state index is 13.2. The number of methoxy groups -OCH3 is 1. The summed E-state index contributed by atoms with van der Waals surface area (Å²) in [6.45, 7) is 0. The van der Waals surface area contributed by atoms with Gasteiger partial charge in [0.1, 0.15) is 16.1 Å². The lowest BCUT2D eigenvalue weighted by atomic mass is 10.0. The number of nitrogens with zero attached hydrogens (tertiary/aromatic N) is 3. The van der Waals surface area contributed by atoms with Crippen LogP contribution in [0.1, 0.15) is 10.4 Å². The van der Waals surface area contributed by atoms with E-state index in [4.69, 9.17) is 21.3 Å². The molecule has 3 aromatic heterocycles. The average molecular weight is 473 g/mol. The lowest BCUT2D eigenvalue weighted by molar-refractivity contribution is 0.102. The van der Waals surface area contributed by atoms with Crippen LogP contribution in [0.25, 0.3) is 32.7 Å². The zero-order valence-electron chi connectivity index (χ0n) is 17.4. The van der Waals surface area contributed by atoms with Crippen LogP contribution in [0.2, 0.25) is 5.02 Å². The van der Waals surface area contributed by atoms with Gasteiger partial charge in [0, 0.05) is 34.1 Å². The van der Waals surface area contributed by atoms with Gasteiger partial charge in [0.25, 0.3) is 5.91 Å². The second-order valence-electron chi connectivity index (χ2n) is 7.12. The number of pyridine rings is 2. The summed E-state index contributed by atoms with van der Waals surface area (Å²) in [6.07, 6.45) is 3.25. The van der Waals surface area contributed by atoms with E-state index in [1.165, 1.54) is 11.3 Å². The Morgan fingerprint density at radius 2 is 1.79 bits per heavy atom. The highest BCUT2D eigenvalue weighted by Crippen LogP contribution is 2.33. The van der Waals surface area contributed by atoms with E-state index in [9.17, 15) is 4.79 Å². The third kappa shape index (κ3) is 4.28. The predicted octanol–water partition coefficient (Wildman–Crippen LogP) is 6.33. The topological polar surface area (TPSA) is 77.0 Å². The first-order chi connectivity index (χ1) is 16.1. The van der Waals surface area contributed by atoms with Gasteiger partial charge in [0.2, 0.25) is 0 Å². The molecule has 0 spiro atoms. The maximum absolute atomic E-state index is 13.2. The van der Waals surface area contributed by atoms with Gasteiger partial charge in [-0.05, 0) is 36.4 Å². The van der Waals surface area contributed by atoms with Gasteiger partial charge in [0.15, 0.2) is 5.13 Å². The Bertz CT molecular complexity index is 1470. The quantitative estimate of drug-likeness (QED) is 0.323. The van der Waals surface area contributed by atoms with Crippen LogP contribution in [-0.2, 0) is 0 Å². The SMILES string of the molecule is COc1ccccc1-c1cnccc1C(=O)Nc1nc2ccc(-c3ccc(Cl)cc3)nc2s1. The van der Waals surface area contributed by atoms with Gasteiger partial charge in [0.05, 0.1) is 18.4 Å². The van der Waals surface area contributed by atoms with Gasteiger partial charge in [-0.2, -0.15) is 0 Å². The molecular weight excluding hydrogens is 456 g/mol. The molecule has 0 saturated carbocycles. The van der Waals surface area contributed by atoms with Gasteiger partial charge in [-0.15, -0.1) is 0 Å². The minimum absolute atomic E-state index is 0.282. The van der Waals surface area contributed by atoms with Crippen LogP contribution in [0.4, 0.5) is 5.13 Å². The van der Waals surface area contributed by atoms with Crippen molar-refractivity contribution in [2.45, 2.75) is 0 Å². The highest BCUT2D eigenvalue weighted by molar-refractivity contribution is 7.22. The molecule has 8 heteroatoms. The summed E-state index contributed by atoms with van der Waals surface area (Å²) in [7, 11) is 1.60. The number of thiazole rings is 1. The summed E-state index contributed by atoms with van der Waals surface area (Å²) in [4.78, 5) is 27.3. The molecule has 3 heterocycles. The first-order valence-electron chi connectivity index (χ1n) is 10.0. The number of amides is 1. The molecule has 0 fully saturated rings. The Morgan fingerprint density at radius 3 is 2.61 bits per heavy atom. The van der Waals surface area contributed by atoms with Crippen LogP contribution in [0.3, 0.4) is 0 Å². The van der Waals surface area contributed by atoms with Crippen molar-refractivity contribution in [3.8, 4) is 28.1 Å². The molecule has 1 amide bonds. The van der Waals surface area contributed by atoms with Crippen LogP contribution >= 0.6 is 22.9 Å². The zero-order valence-corrected chi connectivity index (χ0v) is 19.0. The Balaban J connectivity index is 1.45. The minimum atomic E-state index is -0.282. The van der Waals surface area contributed by atoms with Crippen molar-refractivity contribution in [2.24, 2.45) is 0 Å². The Labute approximate surface area is 198 Å². The summed E-state index contributed by atoms with van der Waals surface area (Å²) in [5.74, 6) is 0.383. The number of hydrogen-bond acceptors (Lipinski definition) is 6. The molecule has 0 bridgehead atoms. The molecule has 1 N–H and O–H groups in total. The van der Waals surface area contributed by atoms with Gasteiger partial charge in [-0.3, -0.25) is 15.1 Å². The van der Waals surface area contributed by atoms with Crippen LogP contribution in [-0.4, -0.2) is 28.0 Å². The number of anilines is 1. The van der Waals surface area contributed by atoms with E-state index in [1.807, 2.05) is 60.7 Å². The van der Waals surface area contributed by atoms with E-state index in [0.29, 0.717) is 32.5 Å². The fourth-order valence-electron chi connectivity index (χ4n) is 3.49. The number of para-hydroxylation sites is 1. The third-order valence-corrected chi connectivity index (χ3v) is 6.21. The number of benzene rings is 2. The summed E-state index contributed by atoms with van der Waals surface area (Å²) in [5.41, 5.74) is 4.43. The van der Waals surface area contributed by atoms with E-state index in [2.05, 4.69) is 15.3 Å². The van der Waals surface area contributed by atoms with E-state index in [1.54, 1.807) is 25.6 Å². The fraction of sp³-hybridized carbons (Fsp3) is 0.0400. The lowest BCUT2D eigenvalue weighted by Crippen LogP contribution is -2.13. The minimum Gasteiger partial charge on any atom is -0.496 e. The lowest BCUT2D eigenvalue weighted by Gasteiger charge is -2.11. The number of hydrogen-bond donors (Lipinski definition) is 1. The van der Waals surface area contributed by atoms with Crippen molar-refractivity contribution in [3.63, 3.8) is 0 Å². The Hall–Kier alpha value is -3.81. The number of fused-ring (bicyclic) bond motifs is 1. The number of rotatable bonds is 5. The van der Waals surface area contributed by atoms with Crippen LogP contribution < -0.4 is 10.1 Å². The molecule has 33 heavy (non-hydrogen) atoms. The van der Waals surface area contributed by atoms with Crippen molar-refractivity contribution in [2.75, 3.05) is 12.4 Å². The van der Waals surface area contributed by atoms with E-state index >= 15 is 0 Å². The number of aromatic nitrogens is 3. The maximum Gasteiger partial charge on any atom is 0.258 e. The largest absolute Gasteiger partial charge is 0.496 e. The predicted molar refractivity (Wildman–Crippen MR) is 132 cm³/mol. The van der Waals surface area contributed by atoms with E-state index < -0.39 is 0 Å². The number of carbonyl (C=O) groups is 1. The molecule has 0 unspecified atom stereocenters. The highest BCUT2D eigenvalue weighted by Gasteiger charge is 2.17. The van der Waals surface area contributed by atoms with Crippen LogP contribution in [0.15, 0.2) is 79.1 Å². The molecule has 5 rings (SSSR count). The highest BCUT2D eigenvalue weighted by atomic mass is 35.5. The third-order valence-electron chi connectivity index (χ3n) is 5.08. The number of halogens is 1. The van der Waals surface area contributed by atoms with E-state index in [-0.39, 0.29) is 5.91 Å². The Morgan fingerprint density at radius 1 is 0.970 bits per heavy atom. The number of ether oxygens (including phenoxy) is 1. The Kier molecular flexibility index (Phi) is 5.73. The molecule has 5 aromatic rings. The number of carbonyl (C=O) groups excluding carboxylic acids is 1. The molecular formula is C25H17ClN4O2S. The van der Waals surface area contributed by atoms with Crippen molar-refractivity contribution in [3.05, 3.63) is 89.7 Å². The normalized spacial score (nSPS) is 10.8. The standard InChI is InChI=1S/C25H17ClN4O2S/c1-32-22-5-3-2-4-17(22)19-14-27-13-12-18(19)23(31)30-25-29-21-11-10-20(28-24(21)33-25)15-6-8-16(26)9-7-15/h2-14H,1H3,(H,29,30,31). The van der Waals surface area contributed by atoms with Gasteiger partial charge >= 0.3 is 0 Å². The van der Waals surface area contributed by atoms with Gasteiger partial charge in [-0.1, -0.05) is 53.3 Å². The van der Waals surface area contributed by atoms with Crippen molar-refractivity contribution >= 4 is 44.3 Å². The molecule has 0 saturated heterocycles. The van der Waals surface area contributed by atoms with Crippen molar-refractivity contribution in [1.82, 2.24) is 15.0 Å². The second kappa shape index (κ2) is 8.97. The molecule has 0 aliphatic heterocycles. The molecule has 6 nitrogen and oxygen atoms in total. The van der Waals surface area contributed by atoms with Crippen molar-refractivity contribution < 1.29 is 9.53 Å². The summed E-state index contributed by atoms with van der Waals surface area (Å²) in [5, 5.41) is 4.05. The van der Waals surface area contributed by atoms with Crippen LogP contribution in [0.5, 0.6) is 5.75 Å². The summed E-state index contributed by atoms with van der Waals surface area (Å²) >= 11 is 7.31. The fourth-order valence-corrected chi connectivity index (χ4v) is 4.45. The van der Waals surface area contributed by atoms with Gasteiger partial charge < -0.3 is 4.74 Å². The molecule has 162 valence electrons. The molecule has 2 aromatic carbocycles. The van der Waals surface area contributed by atoms with Crippen molar-refractivity contribution in [1.29, 1.82) is 0 Å².